The van der Waals surface area contributed by atoms with Crippen molar-refractivity contribution in [3.05, 3.63) is 69.9 Å². The molecule has 1 unspecified atom stereocenters. The van der Waals surface area contributed by atoms with Crippen LogP contribution in [0.2, 0.25) is 0 Å². The van der Waals surface area contributed by atoms with Gasteiger partial charge in [-0.15, -0.1) is 0 Å². The van der Waals surface area contributed by atoms with Gasteiger partial charge in [0.2, 0.25) is 0 Å². The lowest BCUT2D eigenvalue weighted by atomic mass is 9.94. The summed E-state index contributed by atoms with van der Waals surface area (Å²) in [6.45, 7) is 17.2. The second kappa shape index (κ2) is 18.3. The van der Waals surface area contributed by atoms with Crippen LogP contribution >= 0.6 is 0 Å². The Kier molecular flexibility index (Phi) is 17.2. The molecule has 0 heterocycles. The highest BCUT2D eigenvalue weighted by molar-refractivity contribution is 5.75. The molecule has 0 N–H and O–H groups in total. The lowest BCUT2D eigenvalue weighted by Gasteiger charge is -2.14. The number of methoxy groups -OCH3 is 1. The van der Waals surface area contributed by atoms with Gasteiger partial charge in [0.05, 0.1) is 13.0 Å². The molecule has 0 rings (SSSR count). The van der Waals surface area contributed by atoms with Gasteiger partial charge in [0.1, 0.15) is 0 Å². The summed E-state index contributed by atoms with van der Waals surface area (Å²) in [5.41, 5.74) is 8.03. The lowest BCUT2D eigenvalue weighted by molar-refractivity contribution is -0.143. The Hall–Kier alpha value is -2.09. The Morgan fingerprint density at radius 1 is 0.636 bits per heavy atom. The number of carbonyl (C=O) groups is 1. The molecule has 0 aromatic rings. The van der Waals surface area contributed by atoms with E-state index in [-0.39, 0.29) is 11.9 Å². The Balaban J connectivity index is 4.83. The number of hydrogen-bond donors (Lipinski definition) is 0. The van der Waals surface area contributed by atoms with Crippen molar-refractivity contribution in [2.75, 3.05) is 7.11 Å². The summed E-state index contributed by atoms with van der Waals surface area (Å²) in [7, 11) is 1.48. The van der Waals surface area contributed by atoms with Crippen LogP contribution in [0, 0.1) is 5.92 Å². The zero-order valence-electron chi connectivity index (χ0n) is 23.0. The van der Waals surface area contributed by atoms with E-state index in [1.807, 2.05) is 0 Å². The second-order valence-electron chi connectivity index (χ2n) is 9.83. The van der Waals surface area contributed by atoms with Crippen LogP contribution in [0.25, 0.3) is 0 Å². The molecule has 0 saturated heterocycles. The summed E-state index contributed by atoms with van der Waals surface area (Å²) in [5.74, 6) is -0.349. The van der Waals surface area contributed by atoms with Crippen molar-refractivity contribution >= 4 is 5.97 Å². The van der Waals surface area contributed by atoms with E-state index >= 15 is 0 Å². The molecule has 0 amide bonds. The molecule has 2 nitrogen and oxygen atoms in total. The quantitative estimate of drug-likeness (QED) is 0.182. The highest BCUT2D eigenvalue weighted by Gasteiger charge is 2.19. The number of esters is 1. The average molecular weight is 455 g/mol. The summed E-state index contributed by atoms with van der Waals surface area (Å²) in [6.07, 6.45) is 21.7. The minimum absolute atomic E-state index is 0.146. The summed E-state index contributed by atoms with van der Waals surface area (Å²) in [5, 5.41) is 0. The largest absolute Gasteiger partial charge is 0.469 e. The predicted octanol–water partition coefficient (Wildman–Crippen LogP) is 9.61. The Bertz CT molecular complexity index is 761. The maximum atomic E-state index is 12.4. The molecule has 0 bridgehead atoms. The van der Waals surface area contributed by atoms with E-state index in [0.29, 0.717) is 6.42 Å². The molecule has 0 aliphatic heterocycles. The van der Waals surface area contributed by atoms with Gasteiger partial charge in [-0.25, -0.2) is 0 Å². The zero-order valence-corrected chi connectivity index (χ0v) is 23.0. The first-order valence-electron chi connectivity index (χ1n) is 12.5. The van der Waals surface area contributed by atoms with Gasteiger partial charge >= 0.3 is 5.97 Å². The van der Waals surface area contributed by atoms with E-state index in [2.05, 4.69) is 91.8 Å². The van der Waals surface area contributed by atoms with Crippen LogP contribution in [0.5, 0.6) is 0 Å². The molecular weight excluding hydrogens is 404 g/mol. The summed E-state index contributed by atoms with van der Waals surface area (Å²) in [6, 6.07) is 0. The minimum Gasteiger partial charge on any atom is -0.469 e. The van der Waals surface area contributed by atoms with Crippen molar-refractivity contribution in [1.82, 2.24) is 0 Å². The smallest absolute Gasteiger partial charge is 0.313 e. The number of ether oxygens (including phenoxy) is 1. The number of hydrogen-bond acceptors (Lipinski definition) is 2. The molecule has 186 valence electrons. The topological polar surface area (TPSA) is 26.3 Å². The fraction of sp³-hybridized carbons (Fsp3) is 0.581. The average Bonchev–Trinajstić information content (AvgIpc) is 2.73. The van der Waals surface area contributed by atoms with Crippen molar-refractivity contribution in [3.63, 3.8) is 0 Å². The molecule has 33 heavy (non-hydrogen) atoms. The highest BCUT2D eigenvalue weighted by Crippen LogP contribution is 2.21. The highest BCUT2D eigenvalue weighted by atomic mass is 16.5. The third-order valence-electron chi connectivity index (χ3n) is 5.86. The van der Waals surface area contributed by atoms with Gasteiger partial charge in [-0.3, -0.25) is 4.79 Å². The van der Waals surface area contributed by atoms with E-state index in [4.69, 9.17) is 4.74 Å². The SMILES string of the molecule is COC(=O)C(C/C=C(\C)CC/C=C(/C)CCC=C(C)C)/C(C)=C/C/C=C(\C)CCC=C(C)C. The van der Waals surface area contributed by atoms with Gasteiger partial charge in [-0.05, 0) is 107 Å². The molecule has 0 aliphatic rings. The number of carbonyl (C=O) groups excluding carboxylic acids is 1. The number of rotatable bonds is 15. The fourth-order valence-electron chi connectivity index (χ4n) is 3.55. The Morgan fingerprint density at radius 2 is 1.09 bits per heavy atom. The monoisotopic (exact) mass is 454 g/mol. The second-order valence-corrected chi connectivity index (χ2v) is 9.83. The van der Waals surface area contributed by atoms with Crippen LogP contribution in [0.3, 0.4) is 0 Å². The van der Waals surface area contributed by atoms with Gasteiger partial charge in [-0.1, -0.05) is 69.9 Å². The standard InChI is InChI=1S/C31H50O2/c1-24(2)14-10-16-26(5)18-12-19-28(7)22-23-30(31(32)33-9)29(8)21-13-20-27(6)17-11-15-25(3)4/h14-15,18,20-22,30H,10-13,16-17,19,23H2,1-9H3/b26-18-,27-20+,28-22+,29-21+. The summed E-state index contributed by atoms with van der Waals surface area (Å²) < 4.78 is 5.09. The third kappa shape index (κ3) is 17.1. The minimum atomic E-state index is -0.203. The van der Waals surface area contributed by atoms with Crippen molar-refractivity contribution in [2.45, 2.75) is 107 Å². The molecule has 0 saturated carbocycles. The Morgan fingerprint density at radius 3 is 1.58 bits per heavy atom. The van der Waals surface area contributed by atoms with Crippen LogP contribution < -0.4 is 0 Å². The Labute approximate surface area is 205 Å². The maximum absolute atomic E-state index is 12.4. The first-order valence-corrected chi connectivity index (χ1v) is 12.5. The summed E-state index contributed by atoms with van der Waals surface area (Å²) >= 11 is 0. The molecule has 0 spiro atoms. The number of allylic oxidation sites excluding steroid dienone is 11. The molecule has 0 aromatic carbocycles. The van der Waals surface area contributed by atoms with Gasteiger partial charge in [0, 0.05) is 0 Å². The van der Waals surface area contributed by atoms with Gasteiger partial charge in [0.25, 0.3) is 0 Å². The van der Waals surface area contributed by atoms with Crippen LogP contribution in [-0.2, 0) is 9.53 Å². The molecule has 0 radical (unpaired) electrons. The lowest BCUT2D eigenvalue weighted by Crippen LogP contribution is -2.17. The molecule has 1 atom stereocenters. The van der Waals surface area contributed by atoms with Crippen molar-refractivity contribution in [1.29, 1.82) is 0 Å². The predicted molar refractivity (Wildman–Crippen MR) is 146 cm³/mol. The molecule has 0 aromatic heterocycles. The van der Waals surface area contributed by atoms with Gasteiger partial charge in [-0.2, -0.15) is 0 Å². The van der Waals surface area contributed by atoms with Crippen LogP contribution in [-0.4, -0.2) is 13.1 Å². The van der Waals surface area contributed by atoms with Crippen molar-refractivity contribution in [2.24, 2.45) is 5.92 Å². The van der Waals surface area contributed by atoms with E-state index < -0.39 is 0 Å². The van der Waals surface area contributed by atoms with Gasteiger partial charge in [0.15, 0.2) is 0 Å². The van der Waals surface area contributed by atoms with E-state index in [1.54, 1.807) is 0 Å². The molecular formula is C31H50O2. The molecule has 2 heteroatoms. The molecule has 0 aliphatic carbocycles. The van der Waals surface area contributed by atoms with Gasteiger partial charge < -0.3 is 4.74 Å². The zero-order chi connectivity index (χ0) is 25.2. The van der Waals surface area contributed by atoms with Crippen molar-refractivity contribution < 1.29 is 9.53 Å². The third-order valence-corrected chi connectivity index (χ3v) is 5.86. The first kappa shape index (κ1) is 30.9. The van der Waals surface area contributed by atoms with Crippen LogP contribution in [0.4, 0.5) is 0 Å². The van der Waals surface area contributed by atoms with E-state index in [9.17, 15) is 4.79 Å². The van der Waals surface area contributed by atoms with Crippen molar-refractivity contribution in [3.8, 4) is 0 Å². The maximum Gasteiger partial charge on any atom is 0.313 e. The van der Waals surface area contributed by atoms with E-state index in [0.717, 1.165) is 50.5 Å². The first-order chi connectivity index (χ1) is 15.6. The fourth-order valence-corrected chi connectivity index (χ4v) is 3.55. The van der Waals surface area contributed by atoms with Crippen LogP contribution in [0.1, 0.15) is 107 Å². The van der Waals surface area contributed by atoms with E-state index in [1.165, 1.54) is 35.0 Å². The normalized spacial score (nSPS) is 14.1. The van der Waals surface area contributed by atoms with Crippen LogP contribution in [0.15, 0.2) is 69.9 Å². The summed E-state index contributed by atoms with van der Waals surface area (Å²) in [4.78, 5) is 12.4. The molecule has 0 fully saturated rings.